The van der Waals surface area contributed by atoms with Crippen LogP contribution in [0.25, 0.3) is 0 Å². The maximum atomic E-state index is 11.5. The van der Waals surface area contributed by atoms with Crippen molar-refractivity contribution in [1.82, 2.24) is 5.32 Å². The minimum Gasteiger partial charge on any atom is -0.496 e. The van der Waals surface area contributed by atoms with Crippen LogP contribution in [0, 0.1) is 0 Å². The van der Waals surface area contributed by atoms with E-state index in [4.69, 9.17) is 10.5 Å². The molecule has 0 radical (unpaired) electrons. The summed E-state index contributed by atoms with van der Waals surface area (Å²) in [6.07, 6.45) is 0.354. The van der Waals surface area contributed by atoms with Crippen LogP contribution < -0.4 is 15.8 Å². The van der Waals surface area contributed by atoms with Crippen molar-refractivity contribution in [3.8, 4) is 5.75 Å². The first-order valence-electron chi connectivity index (χ1n) is 5.49. The van der Waals surface area contributed by atoms with Gasteiger partial charge >= 0.3 is 0 Å². The third-order valence-corrected chi connectivity index (χ3v) is 3.70. The molecule has 1 atom stereocenters. The second kappa shape index (κ2) is 5.31. The molecule has 3 N–H and O–H groups in total. The molecule has 0 aromatic heterocycles. The topological polar surface area (TPSA) is 98.5 Å². The van der Waals surface area contributed by atoms with Gasteiger partial charge < -0.3 is 10.5 Å². The quantitative estimate of drug-likeness (QED) is 0.845. The van der Waals surface area contributed by atoms with Gasteiger partial charge in [0.1, 0.15) is 5.75 Å². The van der Waals surface area contributed by atoms with Crippen molar-refractivity contribution >= 4 is 28.8 Å². The van der Waals surface area contributed by atoms with Gasteiger partial charge in [-0.25, -0.2) is 0 Å². The molecule has 1 saturated heterocycles. The lowest BCUT2D eigenvalue weighted by atomic mass is 10.0. The van der Waals surface area contributed by atoms with Gasteiger partial charge in [-0.2, -0.15) is 0 Å². The summed E-state index contributed by atoms with van der Waals surface area (Å²) in [6.45, 7) is 0. The van der Waals surface area contributed by atoms with Gasteiger partial charge in [0.2, 0.25) is 5.91 Å². The molecule has 3 amide bonds. The number of thioether (sulfide) groups is 1. The second-order valence-electron chi connectivity index (χ2n) is 3.99. The van der Waals surface area contributed by atoms with Crippen molar-refractivity contribution < 1.29 is 19.1 Å². The van der Waals surface area contributed by atoms with Gasteiger partial charge in [0.15, 0.2) is 0 Å². The van der Waals surface area contributed by atoms with Crippen molar-refractivity contribution in [3.05, 3.63) is 29.3 Å². The van der Waals surface area contributed by atoms with Gasteiger partial charge in [-0.15, -0.1) is 0 Å². The van der Waals surface area contributed by atoms with Gasteiger partial charge in [-0.1, -0.05) is 17.8 Å². The molecule has 1 aliphatic rings. The van der Waals surface area contributed by atoms with Crippen molar-refractivity contribution in [3.63, 3.8) is 0 Å². The fraction of sp³-hybridized carbons (Fsp3) is 0.250. The van der Waals surface area contributed by atoms with Gasteiger partial charge in [-0.05, 0) is 24.1 Å². The van der Waals surface area contributed by atoms with Gasteiger partial charge in [0.05, 0.1) is 17.9 Å². The molecular formula is C12H12N2O4S. The Labute approximate surface area is 113 Å². The zero-order chi connectivity index (χ0) is 14.0. The van der Waals surface area contributed by atoms with E-state index in [-0.39, 0.29) is 16.7 Å². The molecular weight excluding hydrogens is 268 g/mol. The Morgan fingerprint density at radius 1 is 1.47 bits per heavy atom. The lowest BCUT2D eigenvalue weighted by Crippen LogP contribution is -2.25. The summed E-state index contributed by atoms with van der Waals surface area (Å²) in [5.41, 5.74) is 6.27. The van der Waals surface area contributed by atoms with E-state index in [2.05, 4.69) is 5.32 Å². The summed E-state index contributed by atoms with van der Waals surface area (Å²) in [5.74, 6) is -0.527. The van der Waals surface area contributed by atoms with Gasteiger partial charge in [0.25, 0.3) is 11.1 Å². The van der Waals surface area contributed by atoms with Crippen LogP contribution in [0.4, 0.5) is 4.79 Å². The first-order valence-corrected chi connectivity index (χ1v) is 6.37. The molecule has 6 nitrogen and oxygen atoms in total. The van der Waals surface area contributed by atoms with E-state index in [1.807, 2.05) is 0 Å². The van der Waals surface area contributed by atoms with E-state index >= 15 is 0 Å². The van der Waals surface area contributed by atoms with Gasteiger partial charge in [0, 0.05) is 0 Å². The number of amides is 3. The number of hydrogen-bond donors (Lipinski definition) is 2. The smallest absolute Gasteiger partial charge is 0.286 e. The number of hydrogen-bond acceptors (Lipinski definition) is 5. The Morgan fingerprint density at radius 3 is 2.74 bits per heavy atom. The third kappa shape index (κ3) is 2.87. The average molecular weight is 280 g/mol. The normalized spacial score (nSPS) is 18.3. The number of benzene rings is 1. The molecule has 19 heavy (non-hydrogen) atoms. The Morgan fingerprint density at radius 2 is 2.21 bits per heavy atom. The standard InChI is InChI=1S/C12H12N2O4S/c1-18-8-3-2-6(4-7(8)10(13)15)5-9-11(16)14-12(17)19-9/h2-4,9H,5H2,1H3,(H2,13,15)(H,14,16,17). The van der Waals surface area contributed by atoms with Crippen LogP contribution >= 0.6 is 11.8 Å². The summed E-state index contributed by atoms with van der Waals surface area (Å²) >= 11 is 0.946. The fourth-order valence-electron chi connectivity index (χ4n) is 1.82. The highest BCUT2D eigenvalue weighted by atomic mass is 32.2. The highest BCUT2D eigenvalue weighted by Gasteiger charge is 2.31. The molecule has 0 bridgehead atoms. The highest BCUT2D eigenvalue weighted by Crippen LogP contribution is 2.25. The van der Waals surface area contributed by atoms with Crippen LogP contribution in [-0.4, -0.2) is 29.4 Å². The molecule has 1 fully saturated rings. The number of carbonyl (C=O) groups excluding carboxylic acids is 3. The predicted molar refractivity (Wildman–Crippen MR) is 70.1 cm³/mol. The van der Waals surface area contributed by atoms with Crippen molar-refractivity contribution in [1.29, 1.82) is 0 Å². The number of nitrogens with one attached hydrogen (secondary N) is 1. The molecule has 100 valence electrons. The van der Waals surface area contributed by atoms with Crippen LogP contribution in [0.5, 0.6) is 5.75 Å². The summed E-state index contributed by atoms with van der Waals surface area (Å²) in [7, 11) is 1.44. The van der Waals surface area contributed by atoms with E-state index in [1.54, 1.807) is 18.2 Å². The molecule has 1 aliphatic heterocycles. The molecule has 1 aromatic carbocycles. The lowest BCUT2D eigenvalue weighted by molar-refractivity contribution is -0.118. The number of carbonyl (C=O) groups is 3. The van der Waals surface area contributed by atoms with Crippen molar-refractivity contribution in [2.24, 2.45) is 5.73 Å². The number of imide groups is 1. The number of methoxy groups -OCH3 is 1. The Kier molecular flexibility index (Phi) is 3.75. The maximum absolute atomic E-state index is 11.5. The first kappa shape index (κ1) is 13.4. The Balaban J connectivity index is 2.22. The van der Waals surface area contributed by atoms with Crippen molar-refractivity contribution in [2.45, 2.75) is 11.7 Å². The zero-order valence-corrected chi connectivity index (χ0v) is 11.0. The molecule has 2 rings (SSSR count). The van der Waals surface area contributed by atoms with Crippen LogP contribution in [0.15, 0.2) is 18.2 Å². The minimum absolute atomic E-state index is 0.259. The predicted octanol–water partition coefficient (Wildman–Crippen LogP) is 0.688. The maximum Gasteiger partial charge on any atom is 0.286 e. The monoisotopic (exact) mass is 280 g/mol. The molecule has 7 heteroatoms. The molecule has 0 aliphatic carbocycles. The van der Waals surface area contributed by atoms with E-state index < -0.39 is 11.2 Å². The van der Waals surface area contributed by atoms with E-state index in [0.29, 0.717) is 12.2 Å². The fourth-order valence-corrected chi connectivity index (χ4v) is 2.68. The van der Waals surface area contributed by atoms with Crippen LogP contribution in [0.2, 0.25) is 0 Å². The zero-order valence-electron chi connectivity index (χ0n) is 10.1. The first-order chi connectivity index (χ1) is 9.01. The number of ether oxygens (including phenoxy) is 1. The number of nitrogens with two attached hydrogens (primary N) is 1. The Bertz CT molecular complexity index is 559. The van der Waals surface area contributed by atoms with Crippen LogP contribution in [0.3, 0.4) is 0 Å². The number of rotatable bonds is 4. The summed E-state index contributed by atoms with van der Waals surface area (Å²) in [6, 6.07) is 4.94. The summed E-state index contributed by atoms with van der Waals surface area (Å²) < 4.78 is 5.03. The van der Waals surface area contributed by atoms with E-state index in [9.17, 15) is 14.4 Å². The Hall–Kier alpha value is -2.02. The molecule has 0 spiro atoms. The largest absolute Gasteiger partial charge is 0.496 e. The second-order valence-corrected chi connectivity index (χ2v) is 5.16. The molecule has 0 saturated carbocycles. The molecule has 1 unspecified atom stereocenters. The minimum atomic E-state index is -0.599. The molecule has 1 aromatic rings. The average Bonchev–Trinajstić information content (AvgIpc) is 2.67. The van der Waals surface area contributed by atoms with Gasteiger partial charge in [-0.3, -0.25) is 19.7 Å². The van der Waals surface area contributed by atoms with Crippen molar-refractivity contribution in [2.75, 3.05) is 7.11 Å². The summed E-state index contributed by atoms with van der Waals surface area (Å²) in [4.78, 5) is 33.8. The molecule has 1 heterocycles. The van der Waals surface area contributed by atoms with E-state index in [1.165, 1.54) is 7.11 Å². The summed E-state index contributed by atoms with van der Waals surface area (Å²) in [5, 5.41) is 1.40. The SMILES string of the molecule is COc1ccc(CC2SC(=O)NC2=O)cc1C(N)=O. The highest BCUT2D eigenvalue weighted by molar-refractivity contribution is 8.15. The van der Waals surface area contributed by atoms with Crippen LogP contribution in [0.1, 0.15) is 15.9 Å². The lowest BCUT2D eigenvalue weighted by Gasteiger charge is -2.09. The van der Waals surface area contributed by atoms with Crippen LogP contribution in [-0.2, 0) is 11.2 Å². The number of primary amides is 1. The third-order valence-electron chi connectivity index (χ3n) is 2.72. The van der Waals surface area contributed by atoms with E-state index in [0.717, 1.165) is 17.3 Å².